The molecule has 3 nitrogen and oxygen atoms in total. The molecule has 126 valence electrons. The molecule has 0 radical (unpaired) electrons. The number of likely N-dealkylation sites (tertiary alicyclic amines) is 2. The molecule has 3 fully saturated rings. The lowest BCUT2D eigenvalue weighted by Gasteiger charge is -2.38. The van der Waals surface area contributed by atoms with Gasteiger partial charge in [-0.05, 0) is 63.5 Å². The summed E-state index contributed by atoms with van der Waals surface area (Å²) >= 11 is 0. The smallest absolute Gasteiger partial charge is 0.225 e. The largest absolute Gasteiger partial charge is 0.342 e. The third kappa shape index (κ3) is 4.24. The molecule has 1 amide bonds. The zero-order chi connectivity index (χ0) is 15.4. The lowest BCUT2D eigenvalue weighted by Crippen LogP contribution is -2.46. The van der Waals surface area contributed by atoms with Crippen molar-refractivity contribution in [3.63, 3.8) is 0 Å². The van der Waals surface area contributed by atoms with Crippen molar-refractivity contribution in [2.24, 2.45) is 17.8 Å². The molecule has 3 aliphatic rings. The Balaban J connectivity index is 1.41. The number of rotatable bonds is 3. The quantitative estimate of drug-likeness (QED) is 0.796. The second-order valence-corrected chi connectivity index (χ2v) is 8.11. The highest BCUT2D eigenvalue weighted by atomic mass is 16.2. The van der Waals surface area contributed by atoms with Crippen LogP contribution in [0, 0.1) is 17.8 Å². The minimum atomic E-state index is 0.313. The molecular formula is C19H34N2O. The van der Waals surface area contributed by atoms with Gasteiger partial charge in [0.15, 0.2) is 0 Å². The van der Waals surface area contributed by atoms with Crippen LogP contribution < -0.4 is 0 Å². The first-order valence-electron chi connectivity index (χ1n) is 9.73. The summed E-state index contributed by atoms with van der Waals surface area (Å²) in [7, 11) is 0. The van der Waals surface area contributed by atoms with Crippen molar-refractivity contribution in [2.45, 2.75) is 64.7 Å². The number of amides is 1. The molecule has 0 spiro atoms. The van der Waals surface area contributed by atoms with E-state index in [0.29, 0.717) is 17.7 Å². The number of hydrogen-bond acceptors (Lipinski definition) is 2. The molecule has 3 heteroatoms. The Labute approximate surface area is 136 Å². The fraction of sp³-hybridized carbons (Fsp3) is 0.947. The van der Waals surface area contributed by atoms with Gasteiger partial charge in [-0.1, -0.05) is 26.2 Å². The minimum Gasteiger partial charge on any atom is -0.342 e. The Hall–Kier alpha value is -0.570. The fourth-order valence-corrected chi connectivity index (χ4v) is 4.75. The van der Waals surface area contributed by atoms with Crippen LogP contribution in [0.5, 0.6) is 0 Å². The lowest BCUT2D eigenvalue weighted by molar-refractivity contribution is -0.138. The highest BCUT2D eigenvalue weighted by Gasteiger charge is 2.31. The zero-order valence-corrected chi connectivity index (χ0v) is 14.4. The fourth-order valence-electron chi connectivity index (χ4n) is 4.75. The van der Waals surface area contributed by atoms with Gasteiger partial charge in [0.25, 0.3) is 0 Å². The molecule has 3 rings (SSSR count). The van der Waals surface area contributed by atoms with Gasteiger partial charge in [0.2, 0.25) is 5.91 Å². The number of piperidine rings is 2. The maximum atomic E-state index is 12.7. The molecule has 1 aliphatic carbocycles. The molecule has 0 aromatic rings. The lowest BCUT2D eigenvalue weighted by atomic mass is 9.87. The van der Waals surface area contributed by atoms with E-state index in [-0.39, 0.29) is 0 Å². The first-order valence-corrected chi connectivity index (χ1v) is 9.73. The number of carbonyl (C=O) groups excluding carboxylic acids is 1. The van der Waals surface area contributed by atoms with Crippen molar-refractivity contribution in [3.8, 4) is 0 Å². The molecule has 2 aliphatic heterocycles. The molecule has 2 heterocycles. The Kier molecular flexibility index (Phi) is 5.78. The first-order chi connectivity index (χ1) is 10.7. The summed E-state index contributed by atoms with van der Waals surface area (Å²) in [6.07, 6.45) is 11.9. The van der Waals surface area contributed by atoms with E-state index in [1.54, 1.807) is 0 Å². The summed E-state index contributed by atoms with van der Waals surface area (Å²) in [5.41, 5.74) is 0. The minimum absolute atomic E-state index is 0.313. The zero-order valence-electron chi connectivity index (χ0n) is 14.4. The van der Waals surface area contributed by atoms with Gasteiger partial charge in [-0.3, -0.25) is 4.79 Å². The Morgan fingerprint density at radius 2 is 1.64 bits per heavy atom. The van der Waals surface area contributed by atoms with Crippen LogP contribution in [0.25, 0.3) is 0 Å². The van der Waals surface area contributed by atoms with E-state index < -0.39 is 0 Å². The average Bonchev–Trinajstić information content (AvgIpc) is 2.56. The van der Waals surface area contributed by atoms with Gasteiger partial charge in [-0.2, -0.15) is 0 Å². The normalized spacial score (nSPS) is 29.7. The maximum Gasteiger partial charge on any atom is 0.225 e. The summed E-state index contributed by atoms with van der Waals surface area (Å²) in [6.45, 7) is 7.88. The van der Waals surface area contributed by atoms with Crippen molar-refractivity contribution < 1.29 is 4.79 Å². The molecule has 1 saturated carbocycles. The van der Waals surface area contributed by atoms with Crippen LogP contribution in [0.4, 0.5) is 0 Å². The standard InChI is InChI=1S/C19H34N2O/c1-16-6-5-11-21(14-16)19(22)18-9-12-20(13-10-18)15-17-7-3-2-4-8-17/h16-18H,2-15H2,1H3. The Morgan fingerprint density at radius 3 is 2.32 bits per heavy atom. The van der Waals surface area contributed by atoms with Crippen LogP contribution in [0.2, 0.25) is 0 Å². The summed E-state index contributed by atoms with van der Waals surface area (Å²) in [6, 6.07) is 0. The van der Waals surface area contributed by atoms with Crippen molar-refractivity contribution in [1.82, 2.24) is 9.80 Å². The van der Waals surface area contributed by atoms with Gasteiger partial charge >= 0.3 is 0 Å². The predicted octanol–water partition coefficient (Wildman–Crippen LogP) is 3.54. The van der Waals surface area contributed by atoms with E-state index in [1.807, 2.05) is 0 Å². The van der Waals surface area contributed by atoms with E-state index in [2.05, 4.69) is 16.7 Å². The summed E-state index contributed by atoms with van der Waals surface area (Å²) in [5, 5.41) is 0. The van der Waals surface area contributed by atoms with E-state index in [0.717, 1.165) is 44.9 Å². The molecule has 0 aromatic carbocycles. The van der Waals surface area contributed by atoms with Crippen molar-refractivity contribution in [1.29, 1.82) is 0 Å². The van der Waals surface area contributed by atoms with Crippen LogP contribution in [-0.2, 0) is 4.79 Å². The maximum absolute atomic E-state index is 12.7. The third-order valence-corrected chi connectivity index (χ3v) is 6.15. The van der Waals surface area contributed by atoms with Gasteiger partial charge in [0.05, 0.1) is 0 Å². The molecule has 1 atom stereocenters. The van der Waals surface area contributed by atoms with Crippen molar-refractivity contribution in [3.05, 3.63) is 0 Å². The molecule has 0 aromatic heterocycles. The second kappa shape index (κ2) is 7.81. The van der Waals surface area contributed by atoms with Gasteiger partial charge < -0.3 is 9.80 Å². The highest BCUT2D eigenvalue weighted by Crippen LogP contribution is 2.27. The molecular weight excluding hydrogens is 272 g/mol. The number of nitrogens with zero attached hydrogens (tertiary/aromatic N) is 2. The van der Waals surface area contributed by atoms with Crippen LogP contribution >= 0.6 is 0 Å². The van der Waals surface area contributed by atoms with Crippen LogP contribution in [-0.4, -0.2) is 48.4 Å². The third-order valence-electron chi connectivity index (χ3n) is 6.15. The van der Waals surface area contributed by atoms with E-state index in [9.17, 15) is 4.79 Å². The Morgan fingerprint density at radius 1 is 0.909 bits per heavy atom. The molecule has 0 N–H and O–H groups in total. The molecule has 22 heavy (non-hydrogen) atoms. The topological polar surface area (TPSA) is 23.6 Å². The van der Waals surface area contributed by atoms with Crippen molar-refractivity contribution in [2.75, 3.05) is 32.7 Å². The van der Waals surface area contributed by atoms with E-state index >= 15 is 0 Å². The molecule has 2 saturated heterocycles. The first kappa shape index (κ1) is 16.3. The molecule has 1 unspecified atom stereocenters. The molecule has 0 bridgehead atoms. The van der Waals surface area contributed by atoms with E-state index in [4.69, 9.17) is 0 Å². The number of hydrogen-bond donors (Lipinski definition) is 0. The van der Waals surface area contributed by atoms with Gasteiger partial charge in [-0.15, -0.1) is 0 Å². The second-order valence-electron chi connectivity index (χ2n) is 8.11. The van der Waals surface area contributed by atoms with Gasteiger partial charge in [0, 0.05) is 25.6 Å². The van der Waals surface area contributed by atoms with E-state index in [1.165, 1.54) is 51.5 Å². The van der Waals surface area contributed by atoms with Gasteiger partial charge in [0.1, 0.15) is 0 Å². The SMILES string of the molecule is CC1CCCN(C(=O)C2CCN(CC3CCCCC3)CC2)C1. The summed E-state index contributed by atoms with van der Waals surface area (Å²) < 4.78 is 0. The van der Waals surface area contributed by atoms with Crippen LogP contribution in [0.3, 0.4) is 0 Å². The van der Waals surface area contributed by atoms with Gasteiger partial charge in [-0.25, -0.2) is 0 Å². The summed E-state index contributed by atoms with van der Waals surface area (Å²) in [5.74, 6) is 2.41. The summed E-state index contributed by atoms with van der Waals surface area (Å²) in [4.78, 5) is 17.5. The number of carbonyl (C=O) groups is 1. The average molecular weight is 306 g/mol. The highest BCUT2D eigenvalue weighted by molar-refractivity contribution is 5.79. The Bertz CT molecular complexity index is 356. The van der Waals surface area contributed by atoms with Crippen LogP contribution in [0.1, 0.15) is 64.7 Å². The predicted molar refractivity (Wildman–Crippen MR) is 90.7 cm³/mol. The van der Waals surface area contributed by atoms with Crippen LogP contribution in [0.15, 0.2) is 0 Å². The monoisotopic (exact) mass is 306 g/mol. The van der Waals surface area contributed by atoms with Crippen molar-refractivity contribution >= 4 is 5.91 Å².